The van der Waals surface area contributed by atoms with Gasteiger partial charge in [0.25, 0.3) is 0 Å². The summed E-state index contributed by atoms with van der Waals surface area (Å²) >= 11 is 0. The molecule has 0 spiro atoms. The van der Waals surface area contributed by atoms with E-state index in [0.717, 1.165) is 38.9 Å². The van der Waals surface area contributed by atoms with Gasteiger partial charge >= 0.3 is 6.09 Å². The average Bonchev–Trinajstić information content (AvgIpc) is 3.19. The Kier molecular flexibility index (Phi) is 8.09. The van der Waals surface area contributed by atoms with Crippen LogP contribution in [0.1, 0.15) is 72.6 Å². The molecule has 0 heterocycles. The van der Waals surface area contributed by atoms with Gasteiger partial charge in [0.15, 0.2) is 0 Å². The van der Waals surface area contributed by atoms with Crippen molar-refractivity contribution in [1.82, 2.24) is 10.2 Å². The van der Waals surface area contributed by atoms with Gasteiger partial charge in [-0.2, -0.15) is 0 Å². The van der Waals surface area contributed by atoms with Crippen LogP contribution < -0.4 is 5.32 Å². The van der Waals surface area contributed by atoms with Crippen molar-refractivity contribution >= 4 is 6.09 Å². The van der Waals surface area contributed by atoms with Crippen molar-refractivity contribution in [2.45, 2.75) is 84.3 Å². The first kappa shape index (κ1) is 18.3. The van der Waals surface area contributed by atoms with Crippen molar-refractivity contribution in [2.24, 2.45) is 0 Å². The van der Waals surface area contributed by atoms with Gasteiger partial charge in [-0.3, -0.25) is 0 Å². The third-order valence-electron chi connectivity index (χ3n) is 3.58. The van der Waals surface area contributed by atoms with E-state index >= 15 is 0 Å². The van der Waals surface area contributed by atoms with Gasteiger partial charge in [-0.05, 0) is 59.5 Å². The lowest BCUT2D eigenvalue weighted by molar-refractivity contribution is 0.0232. The smallest absolute Gasteiger partial charge is 0.410 e. The van der Waals surface area contributed by atoms with Crippen molar-refractivity contribution in [3.8, 4) is 0 Å². The minimum atomic E-state index is -0.401. The Balaban J connectivity index is 2.13. The van der Waals surface area contributed by atoms with E-state index in [1.165, 1.54) is 25.7 Å². The van der Waals surface area contributed by atoms with Gasteiger partial charge < -0.3 is 15.0 Å². The molecule has 0 aromatic carbocycles. The summed E-state index contributed by atoms with van der Waals surface area (Å²) in [6, 6.07) is 0.421. The first-order chi connectivity index (χ1) is 9.94. The summed E-state index contributed by atoms with van der Waals surface area (Å²) in [6.45, 7) is 10.9. The molecule has 0 aliphatic heterocycles. The van der Waals surface area contributed by atoms with Crippen LogP contribution in [-0.2, 0) is 4.74 Å². The maximum absolute atomic E-state index is 12.2. The molecule has 1 N–H and O–H groups in total. The van der Waals surface area contributed by atoms with Gasteiger partial charge in [0.2, 0.25) is 0 Å². The Hall–Kier alpha value is -0.770. The van der Waals surface area contributed by atoms with Gasteiger partial charge in [0.05, 0.1) is 0 Å². The second-order valence-corrected chi connectivity index (χ2v) is 7.07. The molecule has 124 valence electrons. The summed E-state index contributed by atoms with van der Waals surface area (Å²) in [5.74, 6) is 0. The van der Waals surface area contributed by atoms with E-state index in [4.69, 9.17) is 4.74 Å². The minimum absolute atomic E-state index is 0.145. The predicted molar refractivity (Wildman–Crippen MR) is 87.6 cm³/mol. The van der Waals surface area contributed by atoms with Crippen molar-refractivity contribution < 1.29 is 9.53 Å². The van der Waals surface area contributed by atoms with Gasteiger partial charge in [0.1, 0.15) is 5.60 Å². The molecule has 1 saturated carbocycles. The van der Waals surface area contributed by atoms with Crippen LogP contribution in [0.25, 0.3) is 0 Å². The highest BCUT2D eigenvalue weighted by Gasteiger charge is 2.34. The molecular weight excluding hydrogens is 264 g/mol. The quantitative estimate of drug-likeness (QED) is 0.621. The van der Waals surface area contributed by atoms with Crippen LogP contribution in [0.4, 0.5) is 4.79 Å². The molecule has 1 aliphatic carbocycles. The number of rotatable bonds is 10. The molecule has 1 rings (SSSR count). The molecule has 1 fully saturated rings. The number of amides is 1. The standard InChI is InChI=1S/C17H34N2O2/c1-5-6-7-8-12-18-13-9-14-19(15-10-11-15)16(20)21-17(2,3)4/h15,18H,5-14H2,1-4H3. The SMILES string of the molecule is CCCCCCNCCCN(C(=O)OC(C)(C)C)C1CC1. The third kappa shape index (κ3) is 8.97. The first-order valence-corrected chi connectivity index (χ1v) is 8.64. The lowest BCUT2D eigenvalue weighted by Crippen LogP contribution is -2.39. The first-order valence-electron chi connectivity index (χ1n) is 8.64. The monoisotopic (exact) mass is 298 g/mol. The van der Waals surface area contributed by atoms with E-state index in [1.807, 2.05) is 25.7 Å². The second-order valence-electron chi connectivity index (χ2n) is 7.07. The van der Waals surface area contributed by atoms with E-state index in [9.17, 15) is 4.79 Å². The topological polar surface area (TPSA) is 41.6 Å². The molecule has 4 heteroatoms. The Morgan fingerprint density at radius 3 is 2.38 bits per heavy atom. The van der Waals surface area contributed by atoms with Crippen molar-refractivity contribution in [3.05, 3.63) is 0 Å². The summed E-state index contributed by atoms with van der Waals surface area (Å²) in [4.78, 5) is 14.1. The fourth-order valence-corrected chi connectivity index (χ4v) is 2.31. The lowest BCUT2D eigenvalue weighted by Gasteiger charge is -2.27. The second kappa shape index (κ2) is 9.29. The normalized spacial score (nSPS) is 15.0. The summed E-state index contributed by atoms with van der Waals surface area (Å²) < 4.78 is 5.49. The van der Waals surface area contributed by atoms with Crippen LogP contribution in [0.3, 0.4) is 0 Å². The highest BCUT2D eigenvalue weighted by molar-refractivity contribution is 5.69. The Labute approximate surface area is 130 Å². The van der Waals surface area contributed by atoms with E-state index in [1.54, 1.807) is 0 Å². The van der Waals surface area contributed by atoms with Crippen LogP contribution in [0.15, 0.2) is 0 Å². The van der Waals surface area contributed by atoms with Crippen molar-refractivity contribution in [2.75, 3.05) is 19.6 Å². The minimum Gasteiger partial charge on any atom is -0.444 e. The Morgan fingerprint density at radius 2 is 1.81 bits per heavy atom. The Bertz CT molecular complexity index is 296. The molecule has 0 aromatic heterocycles. The zero-order chi connectivity index (χ0) is 15.7. The van der Waals surface area contributed by atoms with E-state index in [2.05, 4.69) is 12.2 Å². The van der Waals surface area contributed by atoms with E-state index < -0.39 is 5.60 Å². The predicted octanol–water partition coefficient (Wildman–Crippen LogP) is 3.95. The lowest BCUT2D eigenvalue weighted by atomic mass is 10.2. The molecule has 0 saturated heterocycles. The molecule has 21 heavy (non-hydrogen) atoms. The van der Waals surface area contributed by atoms with Crippen LogP contribution >= 0.6 is 0 Å². The number of hydrogen-bond acceptors (Lipinski definition) is 3. The fourth-order valence-electron chi connectivity index (χ4n) is 2.31. The molecule has 1 amide bonds. The van der Waals surface area contributed by atoms with Crippen LogP contribution in [0.5, 0.6) is 0 Å². The number of nitrogens with zero attached hydrogens (tertiary/aromatic N) is 1. The summed E-state index contributed by atoms with van der Waals surface area (Å²) in [5, 5.41) is 3.47. The van der Waals surface area contributed by atoms with Crippen molar-refractivity contribution in [1.29, 1.82) is 0 Å². The third-order valence-corrected chi connectivity index (χ3v) is 3.58. The number of unbranched alkanes of at least 4 members (excludes halogenated alkanes) is 3. The van der Waals surface area contributed by atoms with Gasteiger partial charge in [-0.25, -0.2) is 4.79 Å². The van der Waals surface area contributed by atoms with Crippen LogP contribution in [0.2, 0.25) is 0 Å². The van der Waals surface area contributed by atoms with E-state index in [0.29, 0.717) is 6.04 Å². The van der Waals surface area contributed by atoms with E-state index in [-0.39, 0.29) is 6.09 Å². The number of nitrogens with one attached hydrogen (secondary N) is 1. The molecule has 0 unspecified atom stereocenters. The number of hydrogen-bond donors (Lipinski definition) is 1. The molecule has 0 bridgehead atoms. The Morgan fingerprint density at radius 1 is 1.14 bits per heavy atom. The summed E-state index contributed by atoms with van der Waals surface area (Å²) in [5.41, 5.74) is -0.401. The number of carbonyl (C=O) groups excluding carboxylic acids is 1. The summed E-state index contributed by atoms with van der Waals surface area (Å²) in [7, 11) is 0. The van der Waals surface area contributed by atoms with Crippen molar-refractivity contribution in [3.63, 3.8) is 0 Å². The number of carbonyl (C=O) groups is 1. The molecular formula is C17H34N2O2. The van der Waals surface area contributed by atoms with Crippen LogP contribution in [0, 0.1) is 0 Å². The largest absolute Gasteiger partial charge is 0.444 e. The van der Waals surface area contributed by atoms with Gasteiger partial charge in [0, 0.05) is 12.6 Å². The molecule has 0 radical (unpaired) electrons. The maximum Gasteiger partial charge on any atom is 0.410 e. The molecule has 1 aliphatic rings. The molecule has 0 atom stereocenters. The molecule has 0 aromatic rings. The maximum atomic E-state index is 12.2. The zero-order valence-corrected chi connectivity index (χ0v) is 14.4. The highest BCUT2D eigenvalue weighted by atomic mass is 16.6. The number of ether oxygens (including phenoxy) is 1. The molecule has 4 nitrogen and oxygen atoms in total. The fraction of sp³-hybridized carbons (Fsp3) is 0.941. The van der Waals surface area contributed by atoms with Crippen LogP contribution in [-0.4, -0.2) is 42.3 Å². The zero-order valence-electron chi connectivity index (χ0n) is 14.4. The van der Waals surface area contributed by atoms with Gasteiger partial charge in [-0.15, -0.1) is 0 Å². The summed E-state index contributed by atoms with van der Waals surface area (Å²) in [6.07, 6.45) is 8.30. The van der Waals surface area contributed by atoms with Gasteiger partial charge in [-0.1, -0.05) is 26.2 Å². The highest BCUT2D eigenvalue weighted by Crippen LogP contribution is 2.28. The average molecular weight is 298 g/mol.